The Morgan fingerprint density at radius 1 is 1.27 bits per heavy atom. The first-order chi connectivity index (χ1) is 7.24. The number of aryl methyl sites for hydroxylation is 1. The highest BCUT2D eigenvalue weighted by molar-refractivity contribution is 5.43. The molecule has 1 atom stereocenters. The van der Waals surface area contributed by atoms with Crippen LogP contribution in [0.3, 0.4) is 0 Å². The van der Waals surface area contributed by atoms with Crippen LogP contribution < -0.4 is 5.73 Å². The van der Waals surface area contributed by atoms with E-state index in [1.54, 1.807) is 0 Å². The molecule has 0 heterocycles. The van der Waals surface area contributed by atoms with Gasteiger partial charge in [0.25, 0.3) is 0 Å². The van der Waals surface area contributed by atoms with Crippen molar-refractivity contribution in [3.63, 3.8) is 0 Å². The summed E-state index contributed by atoms with van der Waals surface area (Å²) >= 11 is 0. The van der Waals surface area contributed by atoms with Gasteiger partial charge in [0.15, 0.2) is 0 Å². The lowest BCUT2D eigenvalue weighted by atomic mass is 9.84. The largest absolute Gasteiger partial charge is 0.394 e. The molecular formula is C13H19NO. The molecule has 3 N–H and O–H groups in total. The second-order valence-corrected chi connectivity index (χ2v) is 4.42. The van der Waals surface area contributed by atoms with Crippen molar-refractivity contribution in [2.24, 2.45) is 5.73 Å². The Balaban J connectivity index is 2.48. The second-order valence-electron chi connectivity index (χ2n) is 4.42. The fraction of sp³-hybridized carbons (Fsp3) is 0.538. The first-order valence-electron chi connectivity index (χ1n) is 5.71. The number of benzene rings is 1. The number of aliphatic hydroxyl groups excluding tert-OH is 1. The molecule has 0 saturated heterocycles. The molecule has 0 aliphatic heterocycles. The Kier molecular flexibility index (Phi) is 3.08. The maximum Gasteiger partial charge on any atom is 0.0624 e. The molecule has 0 bridgehead atoms. The van der Waals surface area contributed by atoms with E-state index in [1.807, 2.05) is 0 Å². The highest BCUT2D eigenvalue weighted by atomic mass is 16.3. The summed E-state index contributed by atoms with van der Waals surface area (Å²) in [5.74, 6) is 0. The molecule has 0 amide bonds. The van der Waals surface area contributed by atoms with Crippen molar-refractivity contribution >= 4 is 0 Å². The molecule has 15 heavy (non-hydrogen) atoms. The van der Waals surface area contributed by atoms with Crippen molar-refractivity contribution in [2.75, 3.05) is 6.61 Å². The van der Waals surface area contributed by atoms with Crippen LogP contribution >= 0.6 is 0 Å². The first-order valence-corrected chi connectivity index (χ1v) is 5.71. The van der Waals surface area contributed by atoms with Gasteiger partial charge < -0.3 is 10.8 Å². The van der Waals surface area contributed by atoms with E-state index in [1.165, 1.54) is 36.0 Å². The van der Waals surface area contributed by atoms with Crippen LogP contribution in [-0.4, -0.2) is 11.7 Å². The van der Waals surface area contributed by atoms with E-state index < -0.39 is 0 Å². The topological polar surface area (TPSA) is 46.2 Å². The summed E-state index contributed by atoms with van der Waals surface area (Å²) in [5, 5.41) is 9.13. The second kappa shape index (κ2) is 4.33. The Labute approximate surface area is 91.1 Å². The molecule has 1 aliphatic rings. The van der Waals surface area contributed by atoms with Gasteiger partial charge in [-0.1, -0.05) is 12.1 Å². The number of hydrogen-bond donors (Lipinski definition) is 2. The van der Waals surface area contributed by atoms with Gasteiger partial charge in [0, 0.05) is 0 Å². The fourth-order valence-corrected chi connectivity index (χ4v) is 2.52. The number of nitrogens with two attached hydrogens (primary N) is 1. The third-order valence-electron chi connectivity index (χ3n) is 3.40. The Morgan fingerprint density at radius 2 is 1.93 bits per heavy atom. The van der Waals surface area contributed by atoms with Gasteiger partial charge in [-0.2, -0.15) is 0 Å². The number of hydrogen-bond acceptors (Lipinski definition) is 2. The molecule has 82 valence electrons. The minimum Gasteiger partial charge on any atom is -0.394 e. The van der Waals surface area contributed by atoms with Gasteiger partial charge in [-0.3, -0.25) is 0 Å². The lowest BCUT2D eigenvalue weighted by Crippen LogP contribution is -2.19. The predicted molar refractivity (Wildman–Crippen MR) is 61.8 cm³/mol. The van der Waals surface area contributed by atoms with Crippen LogP contribution in [0.25, 0.3) is 0 Å². The van der Waals surface area contributed by atoms with E-state index in [9.17, 15) is 0 Å². The fourth-order valence-electron chi connectivity index (χ4n) is 2.52. The lowest BCUT2D eigenvalue weighted by Gasteiger charge is -2.23. The molecule has 2 heteroatoms. The van der Waals surface area contributed by atoms with Gasteiger partial charge in [-0.15, -0.1) is 0 Å². The van der Waals surface area contributed by atoms with Crippen molar-refractivity contribution in [3.05, 3.63) is 34.4 Å². The lowest BCUT2D eigenvalue weighted by molar-refractivity contribution is 0.267. The summed E-state index contributed by atoms with van der Waals surface area (Å²) in [6, 6.07) is 4.01. The van der Waals surface area contributed by atoms with E-state index in [0.717, 1.165) is 12.0 Å². The van der Waals surface area contributed by atoms with E-state index in [-0.39, 0.29) is 12.6 Å². The van der Waals surface area contributed by atoms with Gasteiger partial charge in [0.2, 0.25) is 0 Å². The maximum atomic E-state index is 9.13. The van der Waals surface area contributed by atoms with Crippen molar-refractivity contribution in [3.8, 4) is 0 Å². The zero-order valence-corrected chi connectivity index (χ0v) is 9.29. The molecule has 0 spiro atoms. The van der Waals surface area contributed by atoms with E-state index in [2.05, 4.69) is 19.1 Å². The smallest absolute Gasteiger partial charge is 0.0624 e. The van der Waals surface area contributed by atoms with Crippen molar-refractivity contribution in [1.29, 1.82) is 0 Å². The highest BCUT2D eigenvalue weighted by Gasteiger charge is 2.18. The van der Waals surface area contributed by atoms with E-state index in [4.69, 9.17) is 10.8 Å². The quantitative estimate of drug-likeness (QED) is 0.774. The van der Waals surface area contributed by atoms with Crippen molar-refractivity contribution in [2.45, 2.75) is 38.6 Å². The maximum absolute atomic E-state index is 9.13. The van der Waals surface area contributed by atoms with Gasteiger partial charge in [0.05, 0.1) is 12.6 Å². The molecule has 0 saturated carbocycles. The summed E-state index contributed by atoms with van der Waals surface area (Å²) in [6.45, 7) is 2.20. The van der Waals surface area contributed by atoms with Gasteiger partial charge >= 0.3 is 0 Å². The van der Waals surface area contributed by atoms with Crippen molar-refractivity contribution < 1.29 is 5.11 Å². The highest BCUT2D eigenvalue weighted by Crippen LogP contribution is 2.29. The Bertz CT molecular complexity index is 360. The summed E-state index contributed by atoms with van der Waals surface area (Å²) in [5.41, 5.74) is 11.3. The van der Waals surface area contributed by atoms with Crippen LogP contribution in [0.15, 0.2) is 12.1 Å². The normalized spacial score (nSPS) is 17.3. The minimum absolute atomic E-state index is 0.0372. The molecule has 1 aromatic rings. The first kappa shape index (κ1) is 10.7. The van der Waals surface area contributed by atoms with Gasteiger partial charge in [-0.05, 0) is 54.9 Å². The molecule has 0 aromatic heterocycles. The standard InChI is InChI=1S/C13H19NO/c1-9-6-7-12(13(14)8-15)11-5-3-2-4-10(9)11/h6-7,13,15H,2-5,8,14H2,1H3. The van der Waals surface area contributed by atoms with Crippen molar-refractivity contribution in [1.82, 2.24) is 0 Å². The van der Waals surface area contributed by atoms with Gasteiger partial charge in [0.1, 0.15) is 0 Å². The molecule has 2 nitrogen and oxygen atoms in total. The summed E-state index contributed by atoms with van der Waals surface area (Å²) in [6.07, 6.45) is 4.83. The third kappa shape index (κ3) is 1.92. The van der Waals surface area contributed by atoms with E-state index in [0.29, 0.717) is 0 Å². The van der Waals surface area contributed by atoms with E-state index >= 15 is 0 Å². The average molecular weight is 205 g/mol. The Morgan fingerprint density at radius 3 is 2.60 bits per heavy atom. The monoisotopic (exact) mass is 205 g/mol. The number of aliphatic hydroxyl groups is 1. The zero-order chi connectivity index (χ0) is 10.8. The molecule has 2 rings (SSSR count). The third-order valence-corrected chi connectivity index (χ3v) is 3.40. The summed E-state index contributed by atoms with van der Waals surface area (Å²) < 4.78 is 0. The molecular weight excluding hydrogens is 186 g/mol. The summed E-state index contributed by atoms with van der Waals surface area (Å²) in [4.78, 5) is 0. The molecule has 0 radical (unpaired) electrons. The molecule has 1 aromatic carbocycles. The van der Waals surface area contributed by atoms with Crippen LogP contribution in [-0.2, 0) is 12.8 Å². The van der Waals surface area contributed by atoms with Crippen LogP contribution in [0.5, 0.6) is 0 Å². The molecule has 1 aliphatic carbocycles. The molecule has 1 unspecified atom stereocenters. The Hall–Kier alpha value is -0.860. The predicted octanol–water partition coefficient (Wildman–Crippen LogP) is 1.87. The minimum atomic E-state index is -0.211. The average Bonchev–Trinajstić information content (AvgIpc) is 2.29. The number of fused-ring (bicyclic) bond motifs is 1. The van der Waals surface area contributed by atoms with Crippen LogP contribution in [0.1, 0.15) is 41.1 Å². The van der Waals surface area contributed by atoms with Crippen LogP contribution in [0, 0.1) is 6.92 Å². The van der Waals surface area contributed by atoms with Gasteiger partial charge in [-0.25, -0.2) is 0 Å². The number of rotatable bonds is 2. The summed E-state index contributed by atoms with van der Waals surface area (Å²) in [7, 11) is 0. The van der Waals surface area contributed by atoms with Crippen LogP contribution in [0.2, 0.25) is 0 Å². The SMILES string of the molecule is Cc1ccc(C(N)CO)c2c1CCCC2. The zero-order valence-electron chi connectivity index (χ0n) is 9.29. The molecule has 0 fully saturated rings. The van der Waals surface area contributed by atoms with Crippen LogP contribution in [0.4, 0.5) is 0 Å².